The summed E-state index contributed by atoms with van der Waals surface area (Å²) >= 11 is 0. The number of esters is 1. The Balaban J connectivity index is 4.18. The Hall–Kier alpha value is -2.06. The summed E-state index contributed by atoms with van der Waals surface area (Å²) in [5.41, 5.74) is 5.36. The first-order chi connectivity index (χ1) is 26.4. The Morgan fingerprint density at radius 2 is 1.00 bits per heavy atom. The van der Waals surface area contributed by atoms with Crippen LogP contribution in [0.25, 0.3) is 0 Å². The van der Waals surface area contributed by atoms with E-state index in [1.807, 2.05) is 12.2 Å². The van der Waals surface area contributed by atoms with E-state index in [2.05, 4.69) is 74.6 Å². The predicted molar refractivity (Wildman–Crippen MR) is 228 cm³/mol. The van der Waals surface area contributed by atoms with Crippen LogP contribution < -0.4 is 5.73 Å². The van der Waals surface area contributed by atoms with Crippen LogP contribution in [0.15, 0.2) is 72.9 Å². The fraction of sp³-hybridized carbons (Fsp3) is 0.711. The number of carbonyl (C=O) groups excluding carboxylic acids is 1. The molecule has 9 heteroatoms. The third-order valence-corrected chi connectivity index (χ3v) is 9.64. The zero-order chi connectivity index (χ0) is 39.5. The zero-order valence-electron chi connectivity index (χ0n) is 34.4. The van der Waals surface area contributed by atoms with E-state index in [0.29, 0.717) is 13.0 Å². The van der Waals surface area contributed by atoms with Gasteiger partial charge in [0.2, 0.25) is 0 Å². The van der Waals surface area contributed by atoms with Crippen LogP contribution in [-0.2, 0) is 27.9 Å². The van der Waals surface area contributed by atoms with Gasteiger partial charge in [-0.05, 0) is 51.4 Å². The Morgan fingerprint density at radius 1 is 0.574 bits per heavy atom. The van der Waals surface area contributed by atoms with Crippen molar-refractivity contribution in [2.24, 2.45) is 5.73 Å². The van der Waals surface area contributed by atoms with Gasteiger partial charge in [0.25, 0.3) is 0 Å². The molecular formula is C45H80NO7P. The highest BCUT2D eigenvalue weighted by Crippen LogP contribution is 2.43. The minimum Gasteiger partial charge on any atom is -0.457 e. The van der Waals surface area contributed by atoms with Crippen LogP contribution >= 0.6 is 7.82 Å². The topological polar surface area (TPSA) is 117 Å². The van der Waals surface area contributed by atoms with Gasteiger partial charge in [0, 0.05) is 19.6 Å². The first-order valence-corrected chi connectivity index (χ1v) is 22.9. The van der Waals surface area contributed by atoms with Crippen LogP contribution in [0.3, 0.4) is 0 Å². The Labute approximate surface area is 331 Å². The molecule has 0 aliphatic carbocycles. The second-order valence-electron chi connectivity index (χ2n) is 13.8. The number of nitrogens with two attached hydrogens (primary N) is 1. The summed E-state index contributed by atoms with van der Waals surface area (Å²) in [5.74, 6) is -0.412. The molecule has 312 valence electrons. The van der Waals surface area contributed by atoms with E-state index in [4.69, 9.17) is 24.3 Å². The first kappa shape index (κ1) is 51.9. The van der Waals surface area contributed by atoms with Gasteiger partial charge in [0.05, 0.1) is 19.8 Å². The van der Waals surface area contributed by atoms with Crippen LogP contribution in [0.4, 0.5) is 0 Å². The van der Waals surface area contributed by atoms with Crippen LogP contribution in [0.2, 0.25) is 0 Å². The molecule has 0 saturated heterocycles. The summed E-state index contributed by atoms with van der Waals surface area (Å²) in [6, 6.07) is 0. The number of unbranched alkanes of at least 4 members (excludes halogenated alkanes) is 15. The number of phosphoric acid groups is 1. The molecule has 8 nitrogen and oxygen atoms in total. The summed E-state index contributed by atoms with van der Waals surface area (Å²) in [7, 11) is -4.30. The summed E-state index contributed by atoms with van der Waals surface area (Å²) in [4.78, 5) is 22.4. The van der Waals surface area contributed by atoms with Gasteiger partial charge in [-0.25, -0.2) is 4.57 Å². The molecular weight excluding hydrogens is 697 g/mol. The maximum absolute atomic E-state index is 12.5. The lowest BCUT2D eigenvalue weighted by molar-refractivity contribution is -0.154. The number of phosphoric ester groups is 1. The van der Waals surface area contributed by atoms with Crippen molar-refractivity contribution in [1.29, 1.82) is 0 Å². The van der Waals surface area contributed by atoms with E-state index in [9.17, 15) is 14.3 Å². The highest BCUT2D eigenvalue weighted by atomic mass is 31.2. The molecule has 0 bridgehead atoms. The summed E-state index contributed by atoms with van der Waals surface area (Å²) < 4.78 is 33.3. The van der Waals surface area contributed by atoms with Crippen LogP contribution in [0.5, 0.6) is 0 Å². The predicted octanol–water partition coefficient (Wildman–Crippen LogP) is 12.7. The van der Waals surface area contributed by atoms with Crippen molar-refractivity contribution in [2.75, 3.05) is 33.0 Å². The number of rotatable bonds is 40. The smallest absolute Gasteiger partial charge is 0.457 e. The molecule has 0 saturated carbocycles. The van der Waals surface area contributed by atoms with Crippen molar-refractivity contribution in [3.8, 4) is 0 Å². The van der Waals surface area contributed by atoms with Gasteiger partial charge in [-0.1, -0.05) is 183 Å². The summed E-state index contributed by atoms with van der Waals surface area (Å²) in [6.07, 6.45) is 52.2. The Morgan fingerprint density at radius 3 is 1.44 bits per heavy atom. The zero-order valence-corrected chi connectivity index (χ0v) is 35.3. The molecule has 0 rings (SSSR count). The molecule has 0 aromatic rings. The molecule has 54 heavy (non-hydrogen) atoms. The van der Waals surface area contributed by atoms with Gasteiger partial charge in [-0.3, -0.25) is 13.8 Å². The van der Waals surface area contributed by atoms with Crippen molar-refractivity contribution >= 4 is 13.8 Å². The van der Waals surface area contributed by atoms with E-state index in [1.54, 1.807) is 0 Å². The van der Waals surface area contributed by atoms with Gasteiger partial charge in [0.15, 0.2) is 0 Å². The lowest BCUT2D eigenvalue weighted by atomic mass is 10.0. The quantitative estimate of drug-likeness (QED) is 0.0273. The molecule has 0 heterocycles. The second-order valence-corrected chi connectivity index (χ2v) is 15.3. The van der Waals surface area contributed by atoms with E-state index >= 15 is 0 Å². The molecule has 0 amide bonds. The average molecular weight is 778 g/mol. The standard InChI is InChI=1S/C45H80NO7P/c1-3-5-7-9-11-13-15-17-19-21-22-23-24-26-28-30-32-34-36-38-45(47)53-44(43-52-54(48,49)51-41-39-46)42-50-40-37-35-33-31-29-27-25-20-18-16-14-12-10-8-6-4-2/h5,7,11,13,17,19,22-23,26,28,32,34,44H,3-4,6,8-10,12,14-16,18,20-21,24-25,27,29-31,33,35-43,46H2,1-2H3,(H,48,49). The average Bonchev–Trinajstić information content (AvgIpc) is 3.16. The summed E-state index contributed by atoms with van der Waals surface area (Å²) in [5, 5.41) is 0. The number of hydrogen-bond donors (Lipinski definition) is 2. The van der Waals surface area contributed by atoms with Crippen LogP contribution in [0, 0.1) is 0 Å². The van der Waals surface area contributed by atoms with Gasteiger partial charge in [0.1, 0.15) is 6.10 Å². The Bertz CT molecular complexity index is 1050. The monoisotopic (exact) mass is 778 g/mol. The minimum absolute atomic E-state index is 0.0846. The van der Waals surface area contributed by atoms with E-state index in [1.165, 1.54) is 89.9 Å². The van der Waals surface area contributed by atoms with Crippen molar-refractivity contribution < 1.29 is 32.8 Å². The van der Waals surface area contributed by atoms with Crippen molar-refractivity contribution in [3.05, 3.63) is 72.9 Å². The third kappa shape index (κ3) is 41.1. The van der Waals surface area contributed by atoms with E-state index in [0.717, 1.165) is 51.4 Å². The van der Waals surface area contributed by atoms with Crippen LogP contribution in [-0.4, -0.2) is 49.9 Å². The molecule has 0 aliphatic rings. The molecule has 0 aliphatic heterocycles. The number of carbonyl (C=O) groups is 1. The maximum atomic E-state index is 12.5. The molecule has 0 spiro atoms. The Kier molecular flexibility index (Phi) is 40.5. The fourth-order valence-corrected chi connectivity index (χ4v) is 6.32. The largest absolute Gasteiger partial charge is 0.472 e. The van der Waals surface area contributed by atoms with Crippen molar-refractivity contribution in [1.82, 2.24) is 0 Å². The van der Waals surface area contributed by atoms with Crippen molar-refractivity contribution in [3.63, 3.8) is 0 Å². The molecule has 0 fully saturated rings. The molecule has 0 aromatic carbocycles. The normalized spacial score (nSPS) is 14.2. The molecule has 0 aromatic heterocycles. The lowest BCUT2D eigenvalue weighted by Gasteiger charge is -2.20. The summed E-state index contributed by atoms with van der Waals surface area (Å²) in [6.45, 7) is 4.71. The van der Waals surface area contributed by atoms with Gasteiger partial charge >= 0.3 is 13.8 Å². The van der Waals surface area contributed by atoms with Crippen LogP contribution in [0.1, 0.15) is 168 Å². The first-order valence-electron chi connectivity index (χ1n) is 21.4. The molecule has 2 unspecified atom stereocenters. The molecule has 0 radical (unpaired) electrons. The number of allylic oxidation sites excluding steroid dienone is 12. The van der Waals surface area contributed by atoms with Gasteiger partial charge < -0.3 is 20.1 Å². The highest BCUT2D eigenvalue weighted by Gasteiger charge is 2.25. The van der Waals surface area contributed by atoms with Gasteiger partial charge in [-0.15, -0.1) is 0 Å². The van der Waals surface area contributed by atoms with Gasteiger partial charge in [-0.2, -0.15) is 0 Å². The molecule has 2 atom stereocenters. The number of ether oxygens (including phenoxy) is 2. The minimum atomic E-state index is -4.30. The van der Waals surface area contributed by atoms with Crippen molar-refractivity contribution in [2.45, 2.75) is 174 Å². The maximum Gasteiger partial charge on any atom is 0.472 e. The van der Waals surface area contributed by atoms with E-state index < -0.39 is 19.9 Å². The lowest BCUT2D eigenvalue weighted by Crippen LogP contribution is -2.28. The third-order valence-electron chi connectivity index (χ3n) is 8.65. The highest BCUT2D eigenvalue weighted by molar-refractivity contribution is 7.47. The van der Waals surface area contributed by atoms with E-state index in [-0.39, 0.29) is 32.8 Å². The molecule has 3 N–H and O–H groups in total. The fourth-order valence-electron chi connectivity index (χ4n) is 5.55. The number of hydrogen-bond acceptors (Lipinski definition) is 7. The SMILES string of the molecule is CCC=CCC=CCC=CCC=CCC=CCC=CCCC(=O)OC(COCCCCCCCCCCCCCCCCCC)COP(=O)(O)OCCN. The second kappa shape index (κ2) is 42.1.